The Labute approximate surface area is 127 Å². The third-order valence-electron chi connectivity index (χ3n) is 3.93. The summed E-state index contributed by atoms with van der Waals surface area (Å²) >= 11 is 0. The number of hydrogen-bond acceptors (Lipinski definition) is 2. The number of benzene rings is 2. The Morgan fingerprint density at radius 1 is 0.905 bits per heavy atom. The van der Waals surface area contributed by atoms with E-state index in [1.165, 1.54) is 16.7 Å². The third kappa shape index (κ3) is 3.93. The van der Waals surface area contributed by atoms with Crippen molar-refractivity contribution in [3.63, 3.8) is 0 Å². The first-order valence-electron chi connectivity index (χ1n) is 7.49. The minimum absolute atomic E-state index is 0.249. The van der Waals surface area contributed by atoms with Gasteiger partial charge in [-0.15, -0.1) is 0 Å². The molecule has 2 aromatic carbocycles. The molecular formula is C19H22N2. The number of nitrogens with one attached hydrogen (secondary N) is 1. The Hall–Kier alpha value is -2.11. The van der Waals surface area contributed by atoms with Gasteiger partial charge in [0.2, 0.25) is 0 Å². The van der Waals surface area contributed by atoms with Crippen LogP contribution < -0.4 is 5.32 Å². The summed E-state index contributed by atoms with van der Waals surface area (Å²) < 4.78 is 0. The molecule has 2 atom stereocenters. The molecule has 108 valence electrons. The minimum atomic E-state index is 0.249. The Balaban J connectivity index is 2.03. The van der Waals surface area contributed by atoms with Crippen LogP contribution in [0.3, 0.4) is 0 Å². The smallest absolute Gasteiger partial charge is 0.0991 e. The van der Waals surface area contributed by atoms with Crippen LogP contribution in [0.15, 0.2) is 48.5 Å². The zero-order valence-corrected chi connectivity index (χ0v) is 12.9. The van der Waals surface area contributed by atoms with Crippen LogP contribution in [0.2, 0.25) is 0 Å². The van der Waals surface area contributed by atoms with Crippen molar-refractivity contribution in [2.45, 2.75) is 39.3 Å². The van der Waals surface area contributed by atoms with Crippen molar-refractivity contribution >= 4 is 0 Å². The van der Waals surface area contributed by atoms with Crippen LogP contribution in [0.4, 0.5) is 0 Å². The van der Waals surface area contributed by atoms with Gasteiger partial charge in [0.15, 0.2) is 0 Å². The molecule has 0 aliphatic carbocycles. The van der Waals surface area contributed by atoms with Crippen LogP contribution in [0.1, 0.15) is 55.1 Å². The molecule has 1 N–H and O–H groups in total. The molecule has 2 unspecified atom stereocenters. The Kier molecular flexibility index (Phi) is 5.14. The molecule has 0 aliphatic rings. The largest absolute Gasteiger partial charge is 0.304 e. The van der Waals surface area contributed by atoms with Gasteiger partial charge in [-0.3, -0.25) is 0 Å². The molecule has 0 aliphatic heterocycles. The van der Waals surface area contributed by atoms with Crippen LogP contribution in [0.5, 0.6) is 0 Å². The van der Waals surface area contributed by atoms with Crippen LogP contribution >= 0.6 is 0 Å². The summed E-state index contributed by atoms with van der Waals surface area (Å²) in [6.45, 7) is 6.50. The fourth-order valence-corrected chi connectivity index (χ4v) is 2.46. The van der Waals surface area contributed by atoms with Crippen molar-refractivity contribution < 1.29 is 0 Å². The molecule has 2 heteroatoms. The summed E-state index contributed by atoms with van der Waals surface area (Å²) in [5.74, 6) is 0. The summed E-state index contributed by atoms with van der Waals surface area (Å²) in [4.78, 5) is 0. The molecule has 0 heterocycles. The summed E-state index contributed by atoms with van der Waals surface area (Å²) in [6, 6.07) is 19.2. The highest BCUT2D eigenvalue weighted by molar-refractivity contribution is 5.33. The molecule has 2 aromatic rings. The van der Waals surface area contributed by atoms with Crippen molar-refractivity contribution in [3.8, 4) is 6.07 Å². The third-order valence-corrected chi connectivity index (χ3v) is 3.93. The molecule has 0 fully saturated rings. The van der Waals surface area contributed by atoms with Crippen LogP contribution in [-0.4, -0.2) is 0 Å². The molecule has 21 heavy (non-hydrogen) atoms. The second-order valence-corrected chi connectivity index (χ2v) is 5.44. The van der Waals surface area contributed by atoms with E-state index in [1.807, 2.05) is 24.3 Å². The van der Waals surface area contributed by atoms with Gasteiger partial charge >= 0.3 is 0 Å². The van der Waals surface area contributed by atoms with Crippen molar-refractivity contribution in [2.24, 2.45) is 0 Å². The predicted octanol–water partition coefficient (Wildman–Crippen LogP) is 4.53. The fourth-order valence-electron chi connectivity index (χ4n) is 2.46. The summed E-state index contributed by atoms with van der Waals surface area (Å²) in [7, 11) is 0. The maximum Gasteiger partial charge on any atom is 0.0991 e. The lowest BCUT2D eigenvalue weighted by atomic mass is 10.0. The van der Waals surface area contributed by atoms with Gasteiger partial charge in [0.05, 0.1) is 11.6 Å². The lowest BCUT2D eigenvalue weighted by molar-refractivity contribution is 0.494. The summed E-state index contributed by atoms with van der Waals surface area (Å²) in [5, 5.41) is 12.4. The van der Waals surface area contributed by atoms with Crippen LogP contribution in [0.25, 0.3) is 0 Å². The Morgan fingerprint density at radius 2 is 1.38 bits per heavy atom. The zero-order valence-electron chi connectivity index (χ0n) is 12.9. The van der Waals surface area contributed by atoms with Gasteiger partial charge in [-0.05, 0) is 49.1 Å². The standard InChI is InChI=1S/C19H22N2/c1-4-16-5-9-18(10-6-16)14(2)21-15(3)19-11-7-17(13-20)8-12-19/h5-12,14-15,21H,4H2,1-3H3. The van der Waals surface area contributed by atoms with E-state index in [4.69, 9.17) is 5.26 Å². The topological polar surface area (TPSA) is 35.8 Å². The maximum atomic E-state index is 8.84. The van der Waals surface area contributed by atoms with E-state index in [1.54, 1.807) is 0 Å². The van der Waals surface area contributed by atoms with Gasteiger partial charge < -0.3 is 5.32 Å². The van der Waals surface area contributed by atoms with E-state index in [0.717, 1.165) is 6.42 Å². The monoisotopic (exact) mass is 278 g/mol. The van der Waals surface area contributed by atoms with Crippen molar-refractivity contribution in [3.05, 3.63) is 70.8 Å². The molecule has 0 bridgehead atoms. The van der Waals surface area contributed by atoms with Crippen molar-refractivity contribution in [2.75, 3.05) is 0 Å². The average molecular weight is 278 g/mol. The number of nitriles is 1. The quantitative estimate of drug-likeness (QED) is 0.872. The van der Waals surface area contributed by atoms with E-state index in [0.29, 0.717) is 11.6 Å². The molecule has 0 saturated carbocycles. The first-order valence-corrected chi connectivity index (χ1v) is 7.49. The van der Waals surface area contributed by atoms with E-state index in [9.17, 15) is 0 Å². The van der Waals surface area contributed by atoms with Crippen LogP contribution in [-0.2, 0) is 6.42 Å². The second kappa shape index (κ2) is 7.06. The maximum absolute atomic E-state index is 8.84. The van der Waals surface area contributed by atoms with Crippen molar-refractivity contribution in [1.29, 1.82) is 5.26 Å². The molecule has 2 nitrogen and oxygen atoms in total. The second-order valence-electron chi connectivity index (χ2n) is 5.44. The molecular weight excluding hydrogens is 256 g/mol. The van der Waals surface area contributed by atoms with E-state index in [2.05, 4.69) is 56.4 Å². The minimum Gasteiger partial charge on any atom is -0.304 e. The normalized spacial score (nSPS) is 13.4. The number of rotatable bonds is 5. The highest BCUT2D eigenvalue weighted by atomic mass is 14.9. The van der Waals surface area contributed by atoms with Gasteiger partial charge in [0.25, 0.3) is 0 Å². The summed E-state index contributed by atoms with van der Waals surface area (Å²) in [6.07, 6.45) is 1.07. The average Bonchev–Trinajstić information content (AvgIpc) is 2.55. The molecule has 0 aromatic heterocycles. The number of hydrogen-bond donors (Lipinski definition) is 1. The first-order chi connectivity index (χ1) is 10.1. The number of aryl methyl sites for hydroxylation is 1. The van der Waals surface area contributed by atoms with E-state index in [-0.39, 0.29) is 6.04 Å². The molecule has 0 spiro atoms. The van der Waals surface area contributed by atoms with Gasteiger partial charge in [0.1, 0.15) is 0 Å². The van der Waals surface area contributed by atoms with Gasteiger partial charge in [-0.25, -0.2) is 0 Å². The fraction of sp³-hybridized carbons (Fsp3) is 0.316. The molecule has 2 rings (SSSR count). The van der Waals surface area contributed by atoms with E-state index < -0.39 is 0 Å². The number of nitrogens with zero attached hydrogens (tertiary/aromatic N) is 1. The van der Waals surface area contributed by atoms with Gasteiger partial charge in [-0.1, -0.05) is 43.3 Å². The van der Waals surface area contributed by atoms with Gasteiger partial charge in [-0.2, -0.15) is 5.26 Å². The Bertz CT molecular complexity index is 606. The van der Waals surface area contributed by atoms with E-state index >= 15 is 0 Å². The summed E-state index contributed by atoms with van der Waals surface area (Å²) in [5.41, 5.74) is 4.57. The van der Waals surface area contributed by atoms with Crippen LogP contribution in [0, 0.1) is 11.3 Å². The zero-order chi connectivity index (χ0) is 15.2. The first kappa shape index (κ1) is 15.3. The highest BCUT2D eigenvalue weighted by Crippen LogP contribution is 2.20. The predicted molar refractivity (Wildman–Crippen MR) is 86.9 cm³/mol. The highest BCUT2D eigenvalue weighted by Gasteiger charge is 2.11. The lowest BCUT2D eigenvalue weighted by Crippen LogP contribution is -2.22. The molecule has 0 saturated heterocycles. The molecule has 0 amide bonds. The SMILES string of the molecule is CCc1ccc(C(C)NC(C)c2ccc(C#N)cc2)cc1. The molecule has 0 radical (unpaired) electrons. The van der Waals surface area contributed by atoms with Crippen molar-refractivity contribution in [1.82, 2.24) is 5.32 Å². The Morgan fingerprint density at radius 3 is 1.81 bits per heavy atom. The van der Waals surface area contributed by atoms with Gasteiger partial charge in [0, 0.05) is 12.1 Å². The lowest BCUT2D eigenvalue weighted by Gasteiger charge is -2.21.